The molecular formula is C18H30N2. The van der Waals surface area contributed by atoms with Crippen LogP contribution in [0.4, 0.5) is 0 Å². The minimum Gasteiger partial charge on any atom is -0.313 e. The molecule has 0 bridgehead atoms. The molecule has 2 nitrogen and oxygen atoms in total. The van der Waals surface area contributed by atoms with Crippen LogP contribution in [0, 0.1) is 5.92 Å². The van der Waals surface area contributed by atoms with Gasteiger partial charge >= 0.3 is 0 Å². The lowest BCUT2D eigenvalue weighted by molar-refractivity contribution is 0.172. The van der Waals surface area contributed by atoms with E-state index in [0.29, 0.717) is 0 Å². The fraction of sp³-hybridized carbons (Fsp3) is 0.667. The third-order valence-electron chi connectivity index (χ3n) is 4.38. The predicted octanol–water partition coefficient (Wildman–Crippen LogP) is 3.81. The van der Waals surface area contributed by atoms with Gasteiger partial charge in [-0.25, -0.2) is 0 Å². The van der Waals surface area contributed by atoms with Crippen LogP contribution < -0.4 is 5.32 Å². The number of piperidine rings is 1. The van der Waals surface area contributed by atoms with Crippen molar-refractivity contribution < 1.29 is 0 Å². The lowest BCUT2D eigenvalue weighted by Crippen LogP contribution is -2.33. The number of nitrogens with zero attached hydrogens (tertiary/aromatic N) is 1. The zero-order chi connectivity index (χ0) is 14.2. The topological polar surface area (TPSA) is 15.3 Å². The third-order valence-corrected chi connectivity index (χ3v) is 4.38. The van der Waals surface area contributed by atoms with Crippen LogP contribution in [-0.4, -0.2) is 24.5 Å². The van der Waals surface area contributed by atoms with Gasteiger partial charge in [0, 0.05) is 13.1 Å². The first kappa shape index (κ1) is 15.5. The molecule has 0 aliphatic carbocycles. The first-order valence-electron chi connectivity index (χ1n) is 8.32. The van der Waals surface area contributed by atoms with Gasteiger partial charge in [0.25, 0.3) is 0 Å². The van der Waals surface area contributed by atoms with Crippen molar-refractivity contribution in [1.29, 1.82) is 0 Å². The molecule has 1 N–H and O–H groups in total. The minimum absolute atomic E-state index is 0.983. The number of rotatable bonds is 7. The van der Waals surface area contributed by atoms with Crippen molar-refractivity contribution in [3.63, 3.8) is 0 Å². The van der Waals surface area contributed by atoms with Gasteiger partial charge in [-0.05, 0) is 49.5 Å². The normalized spacial score (nSPS) is 17.5. The summed E-state index contributed by atoms with van der Waals surface area (Å²) in [4.78, 5) is 2.62. The smallest absolute Gasteiger partial charge is 0.0233 e. The summed E-state index contributed by atoms with van der Waals surface area (Å²) in [5.74, 6) is 0.983. The Morgan fingerprint density at radius 3 is 2.60 bits per heavy atom. The Hall–Kier alpha value is -0.860. The quantitative estimate of drug-likeness (QED) is 0.813. The lowest BCUT2D eigenvalue weighted by atomic mass is 9.92. The van der Waals surface area contributed by atoms with Crippen LogP contribution in [0.2, 0.25) is 0 Å². The standard InChI is InChI=1S/C18H30N2/c1-3-6-16-9-11-20(12-10-16)15-18-8-5-7-17(13-18)14-19-4-2/h5,7-8,13,16,19H,3-4,6,9-12,14-15H2,1-2H3. The summed E-state index contributed by atoms with van der Waals surface area (Å²) < 4.78 is 0. The van der Waals surface area contributed by atoms with Crippen molar-refractivity contribution in [2.24, 2.45) is 5.92 Å². The van der Waals surface area contributed by atoms with E-state index in [-0.39, 0.29) is 0 Å². The Labute approximate surface area is 124 Å². The summed E-state index contributed by atoms with van der Waals surface area (Å²) in [6.45, 7) is 10.2. The minimum atomic E-state index is 0.983. The zero-order valence-corrected chi connectivity index (χ0v) is 13.2. The molecule has 1 aliphatic heterocycles. The van der Waals surface area contributed by atoms with Crippen LogP contribution >= 0.6 is 0 Å². The van der Waals surface area contributed by atoms with Gasteiger partial charge in [-0.3, -0.25) is 4.90 Å². The molecule has 2 heteroatoms. The predicted molar refractivity (Wildman–Crippen MR) is 86.7 cm³/mol. The summed E-state index contributed by atoms with van der Waals surface area (Å²) in [5, 5.41) is 3.40. The molecular weight excluding hydrogens is 244 g/mol. The van der Waals surface area contributed by atoms with E-state index in [9.17, 15) is 0 Å². The van der Waals surface area contributed by atoms with Gasteiger partial charge in [-0.2, -0.15) is 0 Å². The number of nitrogens with one attached hydrogen (secondary N) is 1. The Bertz CT molecular complexity index is 381. The second kappa shape index (κ2) is 8.43. The fourth-order valence-electron chi connectivity index (χ4n) is 3.21. The molecule has 1 aliphatic rings. The largest absolute Gasteiger partial charge is 0.313 e. The molecule has 112 valence electrons. The van der Waals surface area contributed by atoms with Gasteiger partial charge in [0.2, 0.25) is 0 Å². The summed E-state index contributed by atoms with van der Waals surface area (Å²) in [6, 6.07) is 9.06. The molecule has 0 aromatic heterocycles. The van der Waals surface area contributed by atoms with Gasteiger partial charge in [-0.15, -0.1) is 0 Å². The molecule has 20 heavy (non-hydrogen) atoms. The van der Waals surface area contributed by atoms with Crippen LogP contribution in [-0.2, 0) is 13.1 Å². The summed E-state index contributed by atoms with van der Waals surface area (Å²) in [6.07, 6.45) is 5.55. The van der Waals surface area contributed by atoms with Crippen LogP contribution in [0.5, 0.6) is 0 Å². The molecule has 0 radical (unpaired) electrons. The SMILES string of the molecule is CCCC1CCN(Cc2cccc(CNCC)c2)CC1. The maximum atomic E-state index is 3.40. The van der Waals surface area contributed by atoms with Crippen molar-refractivity contribution in [2.75, 3.05) is 19.6 Å². The van der Waals surface area contributed by atoms with Crippen LogP contribution in [0.3, 0.4) is 0 Å². The van der Waals surface area contributed by atoms with Gasteiger partial charge in [0.1, 0.15) is 0 Å². The molecule has 0 amide bonds. The monoisotopic (exact) mass is 274 g/mol. The van der Waals surface area contributed by atoms with Gasteiger partial charge in [0.15, 0.2) is 0 Å². The van der Waals surface area contributed by atoms with Gasteiger partial charge in [0.05, 0.1) is 0 Å². The van der Waals surface area contributed by atoms with E-state index >= 15 is 0 Å². The highest BCUT2D eigenvalue weighted by Crippen LogP contribution is 2.23. The second-order valence-electron chi connectivity index (χ2n) is 6.11. The third kappa shape index (κ3) is 4.92. The molecule has 0 unspecified atom stereocenters. The van der Waals surface area contributed by atoms with E-state index in [1.807, 2.05) is 0 Å². The first-order chi connectivity index (χ1) is 9.81. The first-order valence-corrected chi connectivity index (χ1v) is 8.32. The molecule has 1 aromatic carbocycles. The van der Waals surface area contributed by atoms with Crippen molar-refractivity contribution in [3.05, 3.63) is 35.4 Å². The number of hydrogen-bond acceptors (Lipinski definition) is 2. The van der Waals surface area contributed by atoms with E-state index in [0.717, 1.165) is 25.6 Å². The number of likely N-dealkylation sites (tertiary alicyclic amines) is 1. The second-order valence-corrected chi connectivity index (χ2v) is 6.11. The van der Waals surface area contributed by atoms with E-state index in [2.05, 4.69) is 48.3 Å². The van der Waals surface area contributed by atoms with Crippen molar-refractivity contribution in [1.82, 2.24) is 10.2 Å². The van der Waals surface area contributed by atoms with Crippen molar-refractivity contribution >= 4 is 0 Å². The Kier molecular flexibility index (Phi) is 6.55. The number of hydrogen-bond donors (Lipinski definition) is 1. The molecule has 0 atom stereocenters. The van der Waals surface area contributed by atoms with Crippen molar-refractivity contribution in [3.8, 4) is 0 Å². The molecule has 1 heterocycles. The van der Waals surface area contributed by atoms with Gasteiger partial charge < -0.3 is 5.32 Å². The average Bonchev–Trinajstić information content (AvgIpc) is 2.48. The highest BCUT2D eigenvalue weighted by atomic mass is 15.1. The zero-order valence-electron chi connectivity index (χ0n) is 13.2. The molecule has 0 saturated carbocycles. The van der Waals surface area contributed by atoms with Crippen LogP contribution in [0.1, 0.15) is 50.7 Å². The Morgan fingerprint density at radius 1 is 1.15 bits per heavy atom. The summed E-state index contributed by atoms with van der Waals surface area (Å²) in [7, 11) is 0. The molecule has 1 aromatic rings. The molecule has 1 fully saturated rings. The fourth-order valence-corrected chi connectivity index (χ4v) is 3.21. The van der Waals surface area contributed by atoms with E-state index in [1.165, 1.54) is 49.9 Å². The Morgan fingerprint density at radius 2 is 1.90 bits per heavy atom. The highest BCUT2D eigenvalue weighted by Gasteiger charge is 2.18. The molecule has 0 spiro atoms. The lowest BCUT2D eigenvalue weighted by Gasteiger charge is -2.32. The Balaban J connectivity index is 1.81. The van der Waals surface area contributed by atoms with E-state index in [1.54, 1.807) is 0 Å². The van der Waals surface area contributed by atoms with Gasteiger partial charge in [-0.1, -0.05) is 51.0 Å². The maximum Gasteiger partial charge on any atom is 0.0233 e. The van der Waals surface area contributed by atoms with E-state index in [4.69, 9.17) is 0 Å². The number of benzene rings is 1. The van der Waals surface area contributed by atoms with Crippen LogP contribution in [0.25, 0.3) is 0 Å². The molecule has 1 saturated heterocycles. The average molecular weight is 274 g/mol. The van der Waals surface area contributed by atoms with Crippen molar-refractivity contribution in [2.45, 2.75) is 52.6 Å². The maximum absolute atomic E-state index is 3.40. The summed E-state index contributed by atoms with van der Waals surface area (Å²) in [5.41, 5.74) is 2.87. The van der Waals surface area contributed by atoms with Crippen LogP contribution in [0.15, 0.2) is 24.3 Å². The summed E-state index contributed by atoms with van der Waals surface area (Å²) >= 11 is 0. The van der Waals surface area contributed by atoms with E-state index < -0.39 is 0 Å². The highest BCUT2D eigenvalue weighted by molar-refractivity contribution is 5.23. The molecule has 2 rings (SSSR count).